The minimum absolute atomic E-state index is 0.154. The number of rotatable bonds is 4. The topological polar surface area (TPSA) is 81.6 Å². The van der Waals surface area contributed by atoms with E-state index in [-0.39, 0.29) is 23.4 Å². The SMILES string of the molecule is O=C(NO)C1CCc2cc(O)c(NCc3ccc(F)cc3)cc2C1. The van der Waals surface area contributed by atoms with Gasteiger partial charge in [-0.1, -0.05) is 12.1 Å². The van der Waals surface area contributed by atoms with Crippen molar-refractivity contribution in [3.63, 3.8) is 0 Å². The molecule has 0 radical (unpaired) electrons. The summed E-state index contributed by atoms with van der Waals surface area (Å²) in [5, 5.41) is 22.1. The average molecular weight is 330 g/mol. The summed E-state index contributed by atoms with van der Waals surface area (Å²) in [4.78, 5) is 11.6. The van der Waals surface area contributed by atoms with E-state index < -0.39 is 0 Å². The number of phenols is 1. The molecule has 1 unspecified atom stereocenters. The van der Waals surface area contributed by atoms with Crippen LogP contribution in [0.5, 0.6) is 5.75 Å². The number of halogens is 1. The van der Waals surface area contributed by atoms with Gasteiger partial charge < -0.3 is 10.4 Å². The molecule has 2 aromatic rings. The molecule has 0 saturated carbocycles. The number of carbonyl (C=O) groups excluding carboxylic acids is 1. The van der Waals surface area contributed by atoms with Crippen LogP contribution in [0, 0.1) is 11.7 Å². The first-order valence-electron chi connectivity index (χ1n) is 7.84. The van der Waals surface area contributed by atoms with Gasteiger partial charge in [0.25, 0.3) is 0 Å². The minimum Gasteiger partial charge on any atom is -0.506 e. The molecule has 126 valence electrons. The maximum Gasteiger partial charge on any atom is 0.246 e. The Hall–Kier alpha value is -2.60. The monoisotopic (exact) mass is 330 g/mol. The van der Waals surface area contributed by atoms with Gasteiger partial charge in [-0.15, -0.1) is 0 Å². The number of fused-ring (bicyclic) bond motifs is 1. The lowest BCUT2D eigenvalue weighted by Gasteiger charge is -2.24. The molecule has 1 aliphatic rings. The second-order valence-electron chi connectivity index (χ2n) is 6.03. The van der Waals surface area contributed by atoms with Crippen molar-refractivity contribution in [1.29, 1.82) is 0 Å². The van der Waals surface area contributed by atoms with Crippen molar-refractivity contribution in [1.82, 2.24) is 5.48 Å². The molecule has 24 heavy (non-hydrogen) atoms. The number of nitrogens with one attached hydrogen (secondary N) is 2. The number of amides is 1. The Labute approximate surface area is 139 Å². The maximum absolute atomic E-state index is 12.9. The zero-order chi connectivity index (χ0) is 17.1. The third-order valence-electron chi connectivity index (χ3n) is 4.42. The number of carbonyl (C=O) groups is 1. The van der Waals surface area contributed by atoms with E-state index in [0.29, 0.717) is 31.5 Å². The van der Waals surface area contributed by atoms with Gasteiger partial charge in [0.15, 0.2) is 0 Å². The highest BCUT2D eigenvalue weighted by Gasteiger charge is 2.25. The van der Waals surface area contributed by atoms with Crippen molar-refractivity contribution in [2.24, 2.45) is 5.92 Å². The molecular formula is C18H19FN2O3. The summed E-state index contributed by atoms with van der Waals surface area (Å²) < 4.78 is 12.9. The van der Waals surface area contributed by atoms with E-state index in [0.717, 1.165) is 16.7 Å². The van der Waals surface area contributed by atoms with Crippen LogP contribution in [0.25, 0.3) is 0 Å². The van der Waals surface area contributed by atoms with Crippen LogP contribution in [0.2, 0.25) is 0 Å². The number of hydroxylamine groups is 1. The van der Waals surface area contributed by atoms with Crippen molar-refractivity contribution in [2.75, 3.05) is 5.32 Å². The molecule has 0 bridgehead atoms. The van der Waals surface area contributed by atoms with Gasteiger partial charge in [0.1, 0.15) is 11.6 Å². The summed E-state index contributed by atoms with van der Waals surface area (Å²) in [7, 11) is 0. The Morgan fingerprint density at radius 2 is 1.96 bits per heavy atom. The van der Waals surface area contributed by atoms with Crippen molar-refractivity contribution in [2.45, 2.75) is 25.8 Å². The van der Waals surface area contributed by atoms with E-state index >= 15 is 0 Å². The van der Waals surface area contributed by atoms with E-state index in [2.05, 4.69) is 5.32 Å². The molecule has 0 aromatic heterocycles. The predicted octanol–water partition coefficient (Wildman–Crippen LogP) is 2.75. The second-order valence-corrected chi connectivity index (χ2v) is 6.03. The van der Waals surface area contributed by atoms with E-state index in [4.69, 9.17) is 5.21 Å². The van der Waals surface area contributed by atoms with Crippen molar-refractivity contribution < 1.29 is 19.5 Å². The lowest BCUT2D eigenvalue weighted by Crippen LogP contribution is -2.31. The van der Waals surface area contributed by atoms with Crippen LogP contribution >= 0.6 is 0 Å². The third-order valence-corrected chi connectivity index (χ3v) is 4.42. The molecule has 6 heteroatoms. The van der Waals surface area contributed by atoms with Gasteiger partial charge in [0.05, 0.1) is 5.69 Å². The normalized spacial score (nSPS) is 16.3. The molecule has 3 rings (SSSR count). The van der Waals surface area contributed by atoms with Gasteiger partial charge in [-0.2, -0.15) is 0 Å². The highest BCUT2D eigenvalue weighted by molar-refractivity contribution is 5.78. The van der Waals surface area contributed by atoms with Crippen LogP contribution in [0.4, 0.5) is 10.1 Å². The van der Waals surface area contributed by atoms with E-state index in [1.165, 1.54) is 12.1 Å². The number of hydrogen-bond acceptors (Lipinski definition) is 4. The Bertz CT molecular complexity index is 747. The molecular weight excluding hydrogens is 311 g/mol. The number of phenolic OH excluding ortho intramolecular Hbond substituents is 1. The quantitative estimate of drug-likeness (QED) is 0.395. The lowest BCUT2D eigenvalue weighted by molar-refractivity contribution is -0.133. The molecule has 1 aliphatic carbocycles. The smallest absolute Gasteiger partial charge is 0.246 e. The summed E-state index contributed by atoms with van der Waals surface area (Å²) in [5.41, 5.74) is 5.17. The molecule has 0 spiro atoms. The molecule has 0 saturated heterocycles. The Morgan fingerprint density at radius 1 is 1.21 bits per heavy atom. The lowest BCUT2D eigenvalue weighted by atomic mass is 9.83. The Balaban J connectivity index is 1.75. The number of aryl methyl sites for hydroxylation is 1. The summed E-state index contributed by atoms with van der Waals surface area (Å²) >= 11 is 0. The molecule has 2 aromatic carbocycles. The highest BCUT2D eigenvalue weighted by atomic mass is 19.1. The fourth-order valence-corrected chi connectivity index (χ4v) is 3.05. The Kier molecular flexibility index (Phi) is 4.66. The Morgan fingerprint density at radius 3 is 2.67 bits per heavy atom. The largest absolute Gasteiger partial charge is 0.506 e. The van der Waals surface area contributed by atoms with Gasteiger partial charge >= 0.3 is 0 Å². The summed E-state index contributed by atoms with van der Waals surface area (Å²) in [6.45, 7) is 0.452. The summed E-state index contributed by atoms with van der Waals surface area (Å²) in [5.74, 6) is -0.781. The number of hydrogen-bond donors (Lipinski definition) is 4. The molecule has 0 aliphatic heterocycles. The molecule has 0 heterocycles. The van der Waals surface area contributed by atoms with Crippen LogP contribution in [-0.4, -0.2) is 16.2 Å². The third kappa shape index (κ3) is 3.49. The summed E-state index contributed by atoms with van der Waals surface area (Å²) in [6.07, 6.45) is 1.84. The van der Waals surface area contributed by atoms with E-state index in [9.17, 15) is 14.3 Å². The van der Waals surface area contributed by atoms with Crippen LogP contribution in [-0.2, 0) is 24.2 Å². The summed E-state index contributed by atoms with van der Waals surface area (Å²) in [6, 6.07) is 9.70. The fourth-order valence-electron chi connectivity index (χ4n) is 3.05. The van der Waals surface area contributed by atoms with E-state index in [1.54, 1.807) is 23.7 Å². The zero-order valence-corrected chi connectivity index (χ0v) is 13.1. The van der Waals surface area contributed by atoms with Crippen LogP contribution < -0.4 is 10.8 Å². The standard InChI is InChI=1S/C18H19FN2O3/c19-15-5-1-11(2-6-15)10-20-16-8-14-7-13(18(23)21-24)4-3-12(14)9-17(16)22/h1-2,5-6,8-9,13,20,22,24H,3-4,7,10H2,(H,21,23). The van der Waals surface area contributed by atoms with Gasteiger partial charge in [-0.3, -0.25) is 10.0 Å². The van der Waals surface area contributed by atoms with Gasteiger partial charge in [-0.25, -0.2) is 9.87 Å². The number of aromatic hydroxyl groups is 1. The van der Waals surface area contributed by atoms with Crippen molar-refractivity contribution in [3.05, 3.63) is 58.9 Å². The van der Waals surface area contributed by atoms with Gasteiger partial charge in [0.2, 0.25) is 5.91 Å². The number of anilines is 1. The number of benzene rings is 2. The molecule has 1 amide bonds. The van der Waals surface area contributed by atoms with Crippen LogP contribution in [0.3, 0.4) is 0 Å². The van der Waals surface area contributed by atoms with Gasteiger partial charge in [-0.05, 0) is 60.2 Å². The van der Waals surface area contributed by atoms with Crippen molar-refractivity contribution in [3.8, 4) is 5.75 Å². The average Bonchev–Trinajstić information content (AvgIpc) is 2.60. The molecule has 4 N–H and O–H groups in total. The first-order chi connectivity index (χ1) is 11.6. The first-order valence-corrected chi connectivity index (χ1v) is 7.84. The van der Waals surface area contributed by atoms with Gasteiger partial charge in [0, 0.05) is 12.5 Å². The maximum atomic E-state index is 12.9. The van der Waals surface area contributed by atoms with E-state index in [1.807, 2.05) is 6.07 Å². The molecule has 1 atom stereocenters. The van der Waals surface area contributed by atoms with Crippen LogP contribution in [0.1, 0.15) is 23.1 Å². The molecule has 5 nitrogen and oxygen atoms in total. The molecule has 0 fully saturated rings. The van der Waals surface area contributed by atoms with Crippen LogP contribution in [0.15, 0.2) is 36.4 Å². The van der Waals surface area contributed by atoms with Crippen molar-refractivity contribution >= 4 is 11.6 Å². The fraction of sp³-hybridized carbons (Fsp3) is 0.278. The zero-order valence-electron chi connectivity index (χ0n) is 13.1. The second kappa shape index (κ2) is 6.88. The predicted molar refractivity (Wildman–Crippen MR) is 87.3 cm³/mol. The first kappa shape index (κ1) is 16.3. The highest BCUT2D eigenvalue weighted by Crippen LogP contribution is 2.34. The minimum atomic E-state index is -0.380.